The summed E-state index contributed by atoms with van der Waals surface area (Å²) >= 11 is 11.8. The van der Waals surface area contributed by atoms with Gasteiger partial charge in [-0.1, -0.05) is 30.1 Å². The molecule has 1 aromatic carbocycles. The van der Waals surface area contributed by atoms with Gasteiger partial charge in [-0.3, -0.25) is 4.79 Å². The van der Waals surface area contributed by atoms with E-state index in [1.165, 1.54) is 6.42 Å². The van der Waals surface area contributed by atoms with Gasteiger partial charge in [0.25, 0.3) is 0 Å². The number of halogens is 2. The van der Waals surface area contributed by atoms with Crippen molar-refractivity contribution < 1.29 is 4.79 Å². The first-order chi connectivity index (χ1) is 9.61. The van der Waals surface area contributed by atoms with Gasteiger partial charge in [0.2, 0.25) is 5.91 Å². The summed E-state index contributed by atoms with van der Waals surface area (Å²) in [5.74, 6) is 0.155. The minimum Gasteiger partial charge on any atom is -0.376 e. The highest BCUT2D eigenvalue weighted by atomic mass is 35.5. The molecule has 1 saturated heterocycles. The molecule has 1 amide bonds. The first-order valence-electron chi connectivity index (χ1n) is 7.10. The summed E-state index contributed by atoms with van der Waals surface area (Å²) in [6.45, 7) is 3.32. The van der Waals surface area contributed by atoms with E-state index in [4.69, 9.17) is 23.2 Å². The zero-order valence-corrected chi connectivity index (χ0v) is 13.2. The lowest BCUT2D eigenvalue weighted by Crippen LogP contribution is -2.45. The van der Waals surface area contributed by atoms with Gasteiger partial charge in [0, 0.05) is 18.3 Å². The fourth-order valence-corrected chi connectivity index (χ4v) is 2.94. The van der Waals surface area contributed by atoms with Gasteiger partial charge in [0.05, 0.1) is 16.6 Å². The molecule has 0 spiro atoms. The Morgan fingerprint density at radius 3 is 2.85 bits per heavy atom. The maximum absolute atomic E-state index is 12.3. The quantitative estimate of drug-likeness (QED) is 0.903. The Morgan fingerprint density at radius 2 is 2.15 bits per heavy atom. The van der Waals surface area contributed by atoms with Crippen molar-refractivity contribution in [3.05, 3.63) is 28.2 Å². The highest BCUT2D eigenvalue weighted by Crippen LogP contribution is 2.25. The van der Waals surface area contributed by atoms with Gasteiger partial charge < -0.3 is 10.2 Å². The first-order valence-corrected chi connectivity index (χ1v) is 7.85. The molecule has 0 saturated carbocycles. The van der Waals surface area contributed by atoms with Crippen molar-refractivity contribution >= 4 is 34.8 Å². The highest BCUT2D eigenvalue weighted by molar-refractivity contribution is 6.42. The smallest absolute Gasteiger partial charge is 0.242 e. The second-order valence-electron chi connectivity index (χ2n) is 5.13. The van der Waals surface area contributed by atoms with Crippen LogP contribution in [0.25, 0.3) is 0 Å². The van der Waals surface area contributed by atoms with E-state index in [0.29, 0.717) is 22.6 Å². The largest absolute Gasteiger partial charge is 0.376 e. The molecule has 0 bridgehead atoms. The van der Waals surface area contributed by atoms with Crippen LogP contribution in [0.15, 0.2) is 18.2 Å². The van der Waals surface area contributed by atoms with Crippen molar-refractivity contribution in [2.45, 2.75) is 38.6 Å². The number of likely N-dealkylation sites (tertiary alicyclic amines) is 1. The van der Waals surface area contributed by atoms with Crippen LogP contribution in [0.1, 0.15) is 32.6 Å². The zero-order chi connectivity index (χ0) is 14.5. The van der Waals surface area contributed by atoms with Crippen molar-refractivity contribution in [1.29, 1.82) is 0 Å². The summed E-state index contributed by atoms with van der Waals surface area (Å²) in [7, 11) is 0. The fraction of sp³-hybridized carbons (Fsp3) is 0.533. The van der Waals surface area contributed by atoms with Crippen LogP contribution in [0.2, 0.25) is 10.0 Å². The van der Waals surface area contributed by atoms with Gasteiger partial charge in [-0.25, -0.2) is 0 Å². The van der Waals surface area contributed by atoms with Crippen LogP contribution in [0.3, 0.4) is 0 Å². The van der Waals surface area contributed by atoms with Crippen molar-refractivity contribution in [3.63, 3.8) is 0 Å². The molecule has 110 valence electrons. The molecule has 5 heteroatoms. The van der Waals surface area contributed by atoms with Gasteiger partial charge in [0.1, 0.15) is 0 Å². The van der Waals surface area contributed by atoms with E-state index in [9.17, 15) is 4.79 Å². The third-order valence-electron chi connectivity index (χ3n) is 3.78. The molecular weight excluding hydrogens is 295 g/mol. The van der Waals surface area contributed by atoms with Crippen molar-refractivity contribution in [1.82, 2.24) is 4.90 Å². The Hall–Kier alpha value is -0.930. The highest BCUT2D eigenvalue weighted by Gasteiger charge is 2.24. The lowest BCUT2D eigenvalue weighted by atomic mass is 10.00. The van der Waals surface area contributed by atoms with E-state index in [1.807, 2.05) is 11.0 Å². The molecule has 0 radical (unpaired) electrons. The average Bonchev–Trinajstić information content (AvgIpc) is 2.48. The fourth-order valence-electron chi connectivity index (χ4n) is 2.64. The van der Waals surface area contributed by atoms with E-state index >= 15 is 0 Å². The molecule has 1 heterocycles. The minimum absolute atomic E-state index is 0.155. The van der Waals surface area contributed by atoms with Crippen LogP contribution in [0.5, 0.6) is 0 Å². The number of carbonyl (C=O) groups is 1. The number of amides is 1. The standard InChI is InChI=1S/C15H20Cl2N2O/c1-2-12-5-3-4-8-19(12)15(20)10-18-11-6-7-13(16)14(17)9-11/h6-7,9,12,18H,2-5,8,10H2,1H3. The Balaban J connectivity index is 1.92. The molecule has 1 aliphatic rings. The van der Waals surface area contributed by atoms with Crippen LogP contribution in [-0.4, -0.2) is 29.9 Å². The van der Waals surface area contributed by atoms with Crippen LogP contribution >= 0.6 is 23.2 Å². The molecule has 1 atom stereocenters. The normalized spacial score (nSPS) is 18.9. The van der Waals surface area contributed by atoms with Crippen molar-refractivity contribution in [2.24, 2.45) is 0 Å². The van der Waals surface area contributed by atoms with Gasteiger partial charge in [-0.05, 0) is 43.9 Å². The monoisotopic (exact) mass is 314 g/mol. The second-order valence-corrected chi connectivity index (χ2v) is 5.94. The summed E-state index contributed by atoms with van der Waals surface area (Å²) in [5, 5.41) is 4.13. The maximum atomic E-state index is 12.3. The SMILES string of the molecule is CCC1CCCCN1C(=O)CNc1ccc(Cl)c(Cl)c1. The molecule has 0 aromatic heterocycles. The number of hydrogen-bond donors (Lipinski definition) is 1. The van der Waals surface area contributed by atoms with E-state index in [-0.39, 0.29) is 5.91 Å². The summed E-state index contributed by atoms with van der Waals surface area (Å²) in [4.78, 5) is 14.3. The first kappa shape index (κ1) is 15.5. The molecule has 2 rings (SSSR count). The summed E-state index contributed by atoms with van der Waals surface area (Å²) in [6.07, 6.45) is 4.48. The van der Waals surface area contributed by atoms with Crippen LogP contribution in [0, 0.1) is 0 Å². The zero-order valence-electron chi connectivity index (χ0n) is 11.7. The molecule has 1 N–H and O–H groups in total. The van der Waals surface area contributed by atoms with Crippen molar-refractivity contribution in [2.75, 3.05) is 18.4 Å². The van der Waals surface area contributed by atoms with Gasteiger partial charge in [-0.2, -0.15) is 0 Å². The third kappa shape index (κ3) is 3.80. The summed E-state index contributed by atoms with van der Waals surface area (Å²) < 4.78 is 0. The number of nitrogens with zero attached hydrogens (tertiary/aromatic N) is 1. The number of nitrogens with one attached hydrogen (secondary N) is 1. The summed E-state index contributed by atoms with van der Waals surface area (Å²) in [6, 6.07) is 5.69. The molecule has 1 unspecified atom stereocenters. The van der Waals surface area contributed by atoms with Crippen LogP contribution in [-0.2, 0) is 4.79 Å². The Labute approximate surface area is 130 Å². The molecule has 1 aliphatic heterocycles. The predicted molar refractivity (Wildman–Crippen MR) is 84.6 cm³/mol. The maximum Gasteiger partial charge on any atom is 0.242 e. The molecule has 0 aliphatic carbocycles. The molecule has 20 heavy (non-hydrogen) atoms. The minimum atomic E-state index is 0.155. The van der Waals surface area contributed by atoms with E-state index < -0.39 is 0 Å². The number of anilines is 1. The molecule has 1 fully saturated rings. The van der Waals surface area contributed by atoms with Gasteiger partial charge >= 0.3 is 0 Å². The van der Waals surface area contributed by atoms with Gasteiger partial charge in [-0.15, -0.1) is 0 Å². The van der Waals surface area contributed by atoms with E-state index in [2.05, 4.69) is 12.2 Å². The van der Waals surface area contributed by atoms with E-state index in [1.54, 1.807) is 12.1 Å². The van der Waals surface area contributed by atoms with Crippen molar-refractivity contribution in [3.8, 4) is 0 Å². The Morgan fingerprint density at radius 1 is 1.35 bits per heavy atom. The lowest BCUT2D eigenvalue weighted by Gasteiger charge is -2.35. The molecule has 1 aromatic rings. The third-order valence-corrected chi connectivity index (χ3v) is 4.52. The van der Waals surface area contributed by atoms with Crippen LogP contribution < -0.4 is 5.32 Å². The Kier molecular flexibility index (Phi) is 5.55. The lowest BCUT2D eigenvalue weighted by molar-refractivity contribution is -0.133. The molecule has 3 nitrogen and oxygen atoms in total. The number of rotatable bonds is 4. The second kappa shape index (κ2) is 7.19. The van der Waals surface area contributed by atoms with E-state index in [0.717, 1.165) is 31.5 Å². The number of piperidine rings is 1. The van der Waals surface area contributed by atoms with Gasteiger partial charge in [0.15, 0.2) is 0 Å². The molecular formula is C15H20Cl2N2O. The summed E-state index contributed by atoms with van der Waals surface area (Å²) in [5.41, 5.74) is 0.817. The van der Waals surface area contributed by atoms with Crippen LogP contribution in [0.4, 0.5) is 5.69 Å². The Bertz CT molecular complexity index is 479. The number of carbonyl (C=O) groups excluding carboxylic acids is 1. The number of hydrogen-bond acceptors (Lipinski definition) is 2. The predicted octanol–water partition coefficient (Wildman–Crippen LogP) is 4.20. The number of benzene rings is 1. The topological polar surface area (TPSA) is 32.3 Å². The average molecular weight is 315 g/mol.